The predicted molar refractivity (Wildman–Crippen MR) is 57.7 cm³/mol. The standard InChI is InChI=1S/C11H14ClNO/c12-9-7-8(4-5-11(9)14)10-3-1-2-6-13-10/h4-5,7,10,13-14H,1-3,6H2. The van der Waals surface area contributed by atoms with E-state index in [9.17, 15) is 5.11 Å². The Morgan fingerprint density at radius 3 is 2.86 bits per heavy atom. The molecule has 1 unspecified atom stereocenters. The van der Waals surface area contributed by atoms with E-state index in [-0.39, 0.29) is 5.75 Å². The lowest BCUT2D eigenvalue weighted by molar-refractivity contribution is 0.411. The Morgan fingerprint density at radius 1 is 1.36 bits per heavy atom. The zero-order chi connectivity index (χ0) is 9.97. The molecule has 1 aromatic rings. The summed E-state index contributed by atoms with van der Waals surface area (Å²) in [7, 11) is 0. The van der Waals surface area contributed by atoms with Crippen molar-refractivity contribution >= 4 is 11.6 Å². The average molecular weight is 212 g/mol. The Balaban J connectivity index is 2.18. The van der Waals surface area contributed by atoms with E-state index < -0.39 is 0 Å². The fraction of sp³-hybridized carbons (Fsp3) is 0.455. The van der Waals surface area contributed by atoms with Gasteiger partial charge < -0.3 is 10.4 Å². The minimum atomic E-state index is 0.159. The van der Waals surface area contributed by atoms with Crippen molar-refractivity contribution in [2.45, 2.75) is 25.3 Å². The van der Waals surface area contributed by atoms with Crippen molar-refractivity contribution in [3.8, 4) is 5.75 Å². The molecule has 0 bridgehead atoms. The third-order valence-electron chi connectivity index (χ3n) is 2.68. The molecular weight excluding hydrogens is 198 g/mol. The van der Waals surface area contributed by atoms with Crippen molar-refractivity contribution in [1.29, 1.82) is 0 Å². The number of rotatable bonds is 1. The van der Waals surface area contributed by atoms with Gasteiger partial charge in [-0.2, -0.15) is 0 Å². The van der Waals surface area contributed by atoms with Gasteiger partial charge in [0.25, 0.3) is 0 Å². The second kappa shape index (κ2) is 4.20. The van der Waals surface area contributed by atoms with E-state index >= 15 is 0 Å². The molecule has 0 aromatic heterocycles. The van der Waals surface area contributed by atoms with Crippen molar-refractivity contribution in [3.63, 3.8) is 0 Å². The molecule has 1 fully saturated rings. The van der Waals surface area contributed by atoms with E-state index in [4.69, 9.17) is 11.6 Å². The molecule has 2 N–H and O–H groups in total. The number of phenolic OH excluding ortho intramolecular Hbond substituents is 1. The monoisotopic (exact) mass is 211 g/mol. The van der Waals surface area contributed by atoms with Crippen LogP contribution < -0.4 is 5.32 Å². The molecule has 14 heavy (non-hydrogen) atoms. The van der Waals surface area contributed by atoms with Crippen LogP contribution in [0.25, 0.3) is 0 Å². The molecule has 0 amide bonds. The van der Waals surface area contributed by atoms with E-state index in [1.165, 1.54) is 18.4 Å². The minimum Gasteiger partial charge on any atom is -0.506 e. The summed E-state index contributed by atoms with van der Waals surface area (Å²) in [6.07, 6.45) is 3.67. The molecule has 1 aromatic carbocycles. The smallest absolute Gasteiger partial charge is 0.134 e. The third-order valence-corrected chi connectivity index (χ3v) is 2.99. The highest BCUT2D eigenvalue weighted by molar-refractivity contribution is 6.32. The summed E-state index contributed by atoms with van der Waals surface area (Å²) < 4.78 is 0. The summed E-state index contributed by atoms with van der Waals surface area (Å²) in [5.41, 5.74) is 1.17. The Bertz CT molecular complexity index is 321. The topological polar surface area (TPSA) is 32.3 Å². The van der Waals surface area contributed by atoms with Crippen molar-refractivity contribution in [3.05, 3.63) is 28.8 Å². The van der Waals surface area contributed by atoms with Crippen LogP contribution in [0.15, 0.2) is 18.2 Å². The molecule has 1 aliphatic heterocycles. The number of hydrogen-bond acceptors (Lipinski definition) is 2. The SMILES string of the molecule is Oc1ccc(C2CCCCN2)cc1Cl. The molecule has 0 spiro atoms. The van der Waals surface area contributed by atoms with Crippen LogP contribution >= 0.6 is 11.6 Å². The first-order chi connectivity index (χ1) is 6.77. The van der Waals surface area contributed by atoms with Gasteiger partial charge >= 0.3 is 0 Å². The fourth-order valence-corrected chi connectivity index (χ4v) is 2.07. The first-order valence-electron chi connectivity index (χ1n) is 4.99. The van der Waals surface area contributed by atoms with Crippen LogP contribution in [0.1, 0.15) is 30.9 Å². The predicted octanol–water partition coefficient (Wildman–Crippen LogP) is 2.86. The number of nitrogens with one attached hydrogen (secondary N) is 1. The largest absolute Gasteiger partial charge is 0.506 e. The molecule has 76 valence electrons. The Kier molecular flexibility index (Phi) is 2.94. The summed E-state index contributed by atoms with van der Waals surface area (Å²) in [6, 6.07) is 5.85. The van der Waals surface area contributed by atoms with Gasteiger partial charge in [-0.25, -0.2) is 0 Å². The van der Waals surface area contributed by atoms with Crippen LogP contribution in [0, 0.1) is 0 Å². The lowest BCUT2D eigenvalue weighted by atomic mass is 9.97. The number of piperidine rings is 1. The zero-order valence-electron chi connectivity index (χ0n) is 7.96. The molecule has 1 aliphatic rings. The fourth-order valence-electron chi connectivity index (χ4n) is 1.88. The molecule has 0 aliphatic carbocycles. The van der Waals surface area contributed by atoms with Crippen molar-refractivity contribution in [2.75, 3.05) is 6.54 Å². The van der Waals surface area contributed by atoms with Crippen molar-refractivity contribution < 1.29 is 5.11 Å². The highest BCUT2D eigenvalue weighted by atomic mass is 35.5. The van der Waals surface area contributed by atoms with Gasteiger partial charge in [0.1, 0.15) is 5.75 Å². The van der Waals surface area contributed by atoms with Gasteiger partial charge in [-0.3, -0.25) is 0 Å². The summed E-state index contributed by atoms with van der Waals surface area (Å²) >= 11 is 5.86. The first kappa shape index (κ1) is 9.81. The van der Waals surface area contributed by atoms with Gasteiger partial charge in [0, 0.05) is 6.04 Å². The molecule has 1 heterocycles. The van der Waals surface area contributed by atoms with E-state index in [1.54, 1.807) is 6.07 Å². The number of halogens is 1. The Hall–Kier alpha value is -0.730. The number of phenols is 1. The average Bonchev–Trinajstić information content (AvgIpc) is 2.23. The molecular formula is C11H14ClNO. The molecule has 0 radical (unpaired) electrons. The maximum Gasteiger partial charge on any atom is 0.134 e. The molecule has 1 saturated heterocycles. The number of benzene rings is 1. The lowest BCUT2D eigenvalue weighted by Gasteiger charge is -2.24. The summed E-state index contributed by atoms with van der Waals surface area (Å²) in [4.78, 5) is 0. The second-order valence-corrected chi connectivity index (χ2v) is 4.12. The highest BCUT2D eigenvalue weighted by Crippen LogP contribution is 2.29. The van der Waals surface area contributed by atoms with E-state index in [0.29, 0.717) is 11.1 Å². The molecule has 2 nitrogen and oxygen atoms in total. The Labute approximate surface area is 88.9 Å². The maximum atomic E-state index is 9.29. The van der Waals surface area contributed by atoms with Crippen LogP contribution in [0.5, 0.6) is 5.75 Å². The molecule has 3 heteroatoms. The summed E-state index contributed by atoms with van der Waals surface area (Å²) in [6.45, 7) is 1.07. The van der Waals surface area contributed by atoms with Gasteiger partial charge in [0.05, 0.1) is 5.02 Å². The van der Waals surface area contributed by atoms with Gasteiger partial charge in [0.2, 0.25) is 0 Å². The molecule has 0 saturated carbocycles. The van der Waals surface area contributed by atoms with Crippen LogP contribution in [-0.2, 0) is 0 Å². The van der Waals surface area contributed by atoms with Gasteiger partial charge in [-0.05, 0) is 37.1 Å². The van der Waals surface area contributed by atoms with Crippen LogP contribution in [0.3, 0.4) is 0 Å². The number of aromatic hydroxyl groups is 1. The first-order valence-corrected chi connectivity index (χ1v) is 5.37. The molecule has 2 rings (SSSR count). The van der Waals surface area contributed by atoms with Crippen LogP contribution in [-0.4, -0.2) is 11.7 Å². The minimum absolute atomic E-state index is 0.159. The quantitative estimate of drug-likeness (QED) is 0.749. The molecule has 1 atom stereocenters. The van der Waals surface area contributed by atoms with Gasteiger partial charge in [-0.1, -0.05) is 24.1 Å². The van der Waals surface area contributed by atoms with E-state index in [1.807, 2.05) is 12.1 Å². The summed E-state index contributed by atoms with van der Waals surface area (Å²) in [5, 5.41) is 13.2. The van der Waals surface area contributed by atoms with Gasteiger partial charge in [-0.15, -0.1) is 0 Å². The lowest BCUT2D eigenvalue weighted by Crippen LogP contribution is -2.26. The maximum absolute atomic E-state index is 9.29. The zero-order valence-corrected chi connectivity index (χ0v) is 8.72. The normalized spacial score (nSPS) is 22.2. The van der Waals surface area contributed by atoms with Gasteiger partial charge in [0.15, 0.2) is 0 Å². The number of hydrogen-bond donors (Lipinski definition) is 2. The van der Waals surface area contributed by atoms with E-state index in [2.05, 4.69) is 5.32 Å². The van der Waals surface area contributed by atoms with Crippen LogP contribution in [0.2, 0.25) is 5.02 Å². The van der Waals surface area contributed by atoms with Crippen molar-refractivity contribution in [2.24, 2.45) is 0 Å². The summed E-state index contributed by atoms with van der Waals surface area (Å²) in [5.74, 6) is 0.159. The van der Waals surface area contributed by atoms with E-state index in [0.717, 1.165) is 13.0 Å². The van der Waals surface area contributed by atoms with Crippen LogP contribution in [0.4, 0.5) is 0 Å². The van der Waals surface area contributed by atoms with Crippen molar-refractivity contribution in [1.82, 2.24) is 5.32 Å². The third kappa shape index (κ3) is 2.02. The Morgan fingerprint density at radius 2 is 2.21 bits per heavy atom. The highest BCUT2D eigenvalue weighted by Gasteiger charge is 2.15. The second-order valence-electron chi connectivity index (χ2n) is 3.71.